The first-order valence-electron chi connectivity index (χ1n) is 8.78. The lowest BCUT2D eigenvalue weighted by Crippen LogP contribution is -2.47. The summed E-state index contributed by atoms with van der Waals surface area (Å²) in [6.07, 6.45) is 9.50. The molecular formula is C19H30N2. The van der Waals surface area contributed by atoms with E-state index < -0.39 is 0 Å². The van der Waals surface area contributed by atoms with Crippen molar-refractivity contribution in [2.75, 3.05) is 13.6 Å². The van der Waals surface area contributed by atoms with E-state index in [1.165, 1.54) is 50.5 Å². The normalized spacial score (nSPS) is 33.5. The van der Waals surface area contributed by atoms with Gasteiger partial charge in [-0.2, -0.15) is 0 Å². The van der Waals surface area contributed by atoms with Crippen LogP contribution in [0.5, 0.6) is 0 Å². The van der Waals surface area contributed by atoms with Gasteiger partial charge in [-0.05, 0) is 56.7 Å². The zero-order valence-electron chi connectivity index (χ0n) is 13.4. The van der Waals surface area contributed by atoms with E-state index in [-0.39, 0.29) is 0 Å². The van der Waals surface area contributed by atoms with Crippen LogP contribution in [0.2, 0.25) is 0 Å². The molecule has 0 saturated heterocycles. The van der Waals surface area contributed by atoms with Crippen LogP contribution in [0.25, 0.3) is 0 Å². The van der Waals surface area contributed by atoms with Gasteiger partial charge in [0, 0.05) is 12.1 Å². The van der Waals surface area contributed by atoms with Gasteiger partial charge in [-0.25, -0.2) is 0 Å². The topological polar surface area (TPSA) is 29.3 Å². The molecule has 2 heteroatoms. The first kappa shape index (κ1) is 15.1. The molecule has 2 N–H and O–H groups in total. The highest BCUT2D eigenvalue weighted by Crippen LogP contribution is 2.39. The lowest BCUT2D eigenvalue weighted by molar-refractivity contribution is 0.0982. The van der Waals surface area contributed by atoms with Crippen LogP contribution in [0.15, 0.2) is 30.3 Å². The smallest absolute Gasteiger partial charge is 0.0164 e. The van der Waals surface area contributed by atoms with E-state index >= 15 is 0 Å². The first-order chi connectivity index (χ1) is 10.3. The Morgan fingerprint density at radius 2 is 1.67 bits per heavy atom. The van der Waals surface area contributed by atoms with Crippen molar-refractivity contribution in [3.05, 3.63) is 35.9 Å². The highest BCUT2D eigenvalue weighted by Gasteiger charge is 2.37. The Balaban J connectivity index is 1.77. The summed E-state index contributed by atoms with van der Waals surface area (Å²) >= 11 is 0. The molecular weight excluding hydrogens is 256 g/mol. The Morgan fingerprint density at radius 3 is 2.43 bits per heavy atom. The lowest BCUT2D eigenvalue weighted by atomic mass is 9.78. The summed E-state index contributed by atoms with van der Waals surface area (Å²) < 4.78 is 0. The van der Waals surface area contributed by atoms with Crippen LogP contribution in [-0.2, 0) is 0 Å². The van der Waals surface area contributed by atoms with Crippen LogP contribution < -0.4 is 5.73 Å². The third-order valence-electron chi connectivity index (χ3n) is 5.93. The summed E-state index contributed by atoms with van der Waals surface area (Å²) in [5, 5.41) is 0. The summed E-state index contributed by atoms with van der Waals surface area (Å²) in [6, 6.07) is 12.6. The quantitative estimate of drug-likeness (QED) is 0.913. The summed E-state index contributed by atoms with van der Waals surface area (Å²) in [5.74, 6) is 1.43. The van der Waals surface area contributed by atoms with E-state index in [0.29, 0.717) is 23.9 Å². The van der Waals surface area contributed by atoms with Crippen molar-refractivity contribution >= 4 is 0 Å². The van der Waals surface area contributed by atoms with Gasteiger partial charge in [0.15, 0.2) is 0 Å². The van der Waals surface area contributed by atoms with Crippen molar-refractivity contribution in [2.45, 2.75) is 62.9 Å². The zero-order valence-corrected chi connectivity index (χ0v) is 13.4. The summed E-state index contributed by atoms with van der Waals surface area (Å²) in [7, 11) is 2.37. The van der Waals surface area contributed by atoms with Gasteiger partial charge < -0.3 is 5.73 Å². The van der Waals surface area contributed by atoms with Crippen molar-refractivity contribution in [2.24, 2.45) is 11.7 Å². The van der Waals surface area contributed by atoms with Crippen LogP contribution in [0.1, 0.15) is 56.4 Å². The Kier molecular flexibility index (Phi) is 4.97. The molecule has 2 aliphatic carbocycles. The Morgan fingerprint density at radius 1 is 0.952 bits per heavy atom. The second kappa shape index (κ2) is 6.93. The Labute approximate surface area is 129 Å². The Hall–Kier alpha value is -0.860. The van der Waals surface area contributed by atoms with E-state index in [2.05, 4.69) is 42.3 Å². The highest BCUT2D eigenvalue weighted by molar-refractivity contribution is 5.22. The molecule has 1 aromatic rings. The number of hydrogen-bond donors (Lipinski definition) is 1. The van der Waals surface area contributed by atoms with Crippen LogP contribution in [0.3, 0.4) is 0 Å². The number of nitrogens with zero attached hydrogens (tertiary/aromatic N) is 1. The van der Waals surface area contributed by atoms with Gasteiger partial charge in [-0.15, -0.1) is 0 Å². The van der Waals surface area contributed by atoms with Gasteiger partial charge in [-0.1, -0.05) is 49.6 Å². The molecule has 0 aliphatic heterocycles. The number of nitrogens with two attached hydrogens (primary N) is 1. The molecule has 1 aromatic carbocycles. The maximum absolute atomic E-state index is 6.01. The van der Waals surface area contributed by atoms with Gasteiger partial charge >= 0.3 is 0 Å². The SMILES string of the molecule is CN(C1CCCC1CN)C1CCCCC1c1ccccc1. The molecule has 0 radical (unpaired) electrons. The largest absolute Gasteiger partial charge is 0.330 e. The molecule has 0 amide bonds. The van der Waals surface area contributed by atoms with Crippen LogP contribution in [0.4, 0.5) is 0 Å². The summed E-state index contributed by atoms with van der Waals surface area (Å²) in [4.78, 5) is 2.71. The zero-order chi connectivity index (χ0) is 14.7. The molecule has 0 aromatic heterocycles. The first-order valence-corrected chi connectivity index (χ1v) is 8.78. The molecule has 2 saturated carbocycles. The minimum atomic E-state index is 0.707. The van der Waals surface area contributed by atoms with Crippen molar-refractivity contribution in [3.8, 4) is 0 Å². The number of rotatable bonds is 4. The standard InChI is InChI=1S/C19H30N2/c1-21(18-13-7-10-16(18)14-20)19-12-6-5-11-17(19)15-8-3-2-4-9-15/h2-4,8-9,16-19H,5-7,10-14,20H2,1H3. The van der Waals surface area contributed by atoms with E-state index in [0.717, 1.165) is 6.54 Å². The van der Waals surface area contributed by atoms with Crippen molar-refractivity contribution in [3.63, 3.8) is 0 Å². The van der Waals surface area contributed by atoms with Crippen LogP contribution in [-0.4, -0.2) is 30.6 Å². The monoisotopic (exact) mass is 286 g/mol. The van der Waals surface area contributed by atoms with Crippen molar-refractivity contribution < 1.29 is 0 Å². The van der Waals surface area contributed by atoms with Gasteiger partial charge in [0.25, 0.3) is 0 Å². The predicted octanol–water partition coefficient (Wildman–Crippen LogP) is 3.77. The van der Waals surface area contributed by atoms with Crippen LogP contribution in [0, 0.1) is 5.92 Å². The Bertz CT molecular complexity index is 430. The minimum Gasteiger partial charge on any atom is -0.330 e. The molecule has 0 bridgehead atoms. The maximum Gasteiger partial charge on any atom is 0.0164 e. The average molecular weight is 286 g/mol. The van der Waals surface area contributed by atoms with Crippen LogP contribution >= 0.6 is 0 Å². The fourth-order valence-electron chi connectivity index (χ4n) is 4.76. The fraction of sp³-hybridized carbons (Fsp3) is 0.684. The number of benzene rings is 1. The van der Waals surface area contributed by atoms with E-state index in [4.69, 9.17) is 5.73 Å². The predicted molar refractivity (Wildman–Crippen MR) is 89.4 cm³/mol. The molecule has 0 heterocycles. The third kappa shape index (κ3) is 3.17. The molecule has 4 unspecified atom stereocenters. The van der Waals surface area contributed by atoms with Crippen molar-refractivity contribution in [1.82, 2.24) is 4.90 Å². The highest BCUT2D eigenvalue weighted by atomic mass is 15.2. The second-order valence-corrected chi connectivity index (χ2v) is 7.03. The van der Waals surface area contributed by atoms with Gasteiger partial charge in [0.1, 0.15) is 0 Å². The molecule has 21 heavy (non-hydrogen) atoms. The van der Waals surface area contributed by atoms with E-state index in [1.54, 1.807) is 0 Å². The molecule has 2 aliphatic rings. The number of hydrogen-bond acceptors (Lipinski definition) is 2. The molecule has 2 nitrogen and oxygen atoms in total. The molecule has 2 fully saturated rings. The van der Waals surface area contributed by atoms with Crippen molar-refractivity contribution in [1.29, 1.82) is 0 Å². The number of likely N-dealkylation sites (N-methyl/N-ethyl adjacent to an activating group) is 1. The summed E-state index contributed by atoms with van der Waals surface area (Å²) in [5.41, 5.74) is 7.55. The van der Waals surface area contributed by atoms with E-state index in [1.807, 2.05) is 0 Å². The fourth-order valence-corrected chi connectivity index (χ4v) is 4.76. The molecule has 116 valence electrons. The van der Waals surface area contributed by atoms with Gasteiger partial charge in [-0.3, -0.25) is 4.90 Å². The van der Waals surface area contributed by atoms with E-state index in [9.17, 15) is 0 Å². The second-order valence-electron chi connectivity index (χ2n) is 7.03. The molecule has 3 rings (SSSR count). The third-order valence-corrected chi connectivity index (χ3v) is 5.93. The minimum absolute atomic E-state index is 0.707. The molecule has 0 spiro atoms. The summed E-state index contributed by atoms with van der Waals surface area (Å²) in [6.45, 7) is 0.859. The van der Waals surface area contributed by atoms with Gasteiger partial charge in [0.05, 0.1) is 0 Å². The molecule has 4 atom stereocenters. The lowest BCUT2D eigenvalue weighted by Gasteiger charge is -2.43. The van der Waals surface area contributed by atoms with Gasteiger partial charge in [0.2, 0.25) is 0 Å². The maximum atomic E-state index is 6.01. The average Bonchev–Trinajstić information content (AvgIpc) is 3.03.